The van der Waals surface area contributed by atoms with Crippen LogP contribution in [0.4, 0.5) is 17.1 Å². The summed E-state index contributed by atoms with van der Waals surface area (Å²) in [4.78, 5) is 2.40. The summed E-state index contributed by atoms with van der Waals surface area (Å²) in [5.74, 6) is 0. The largest absolute Gasteiger partial charge is 0.456 e. The molecule has 8 aromatic rings. The topological polar surface area (TPSA) is 16.4 Å². The first kappa shape index (κ1) is 24.2. The Morgan fingerprint density at radius 3 is 1.98 bits per heavy atom. The van der Waals surface area contributed by atoms with Gasteiger partial charge in [0.15, 0.2) is 0 Å². The Balaban J connectivity index is 1.49. The third-order valence-corrected chi connectivity index (χ3v) is 8.04. The van der Waals surface area contributed by atoms with E-state index in [4.69, 9.17) is 4.42 Å². The van der Waals surface area contributed by atoms with Gasteiger partial charge in [0.1, 0.15) is 11.2 Å². The van der Waals surface area contributed by atoms with E-state index in [0.717, 1.165) is 50.1 Å². The number of benzene rings is 7. The number of hydrogen-bond donors (Lipinski definition) is 0. The summed E-state index contributed by atoms with van der Waals surface area (Å²) in [6, 6.07) is 58.0. The first-order valence-electron chi connectivity index (χ1n) is 14.3. The Morgan fingerprint density at radius 1 is 0.429 bits per heavy atom. The molecule has 0 atom stereocenters. The van der Waals surface area contributed by atoms with Crippen LogP contribution in [0.15, 0.2) is 168 Å². The second kappa shape index (κ2) is 10.1. The molecular formula is C40H27NO. The van der Waals surface area contributed by atoms with Gasteiger partial charge in [-0.05, 0) is 64.4 Å². The molecular weight excluding hydrogens is 510 g/mol. The van der Waals surface area contributed by atoms with Crippen molar-refractivity contribution in [1.29, 1.82) is 0 Å². The average Bonchev–Trinajstić information content (AvgIpc) is 3.45. The van der Waals surface area contributed by atoms with Gasteiger partial charge in [0.25, 0.3) is 0 Å². The first-order chi connectivity index (χ1) is 20.8. The van der Waals surface area contributed by atoms with Crippen molar-refractivity contribution < 1.29 is 4.42 Å². The highest BCUT2D eigenvalue weighted by molar-refractivity contribution is 6.17. The van der Waals surface area contributed by atoms with Crippen molar-refractivity contribution in [1.82, 2.24) is 0 Å². The van der Waals surface area contributed by atoms with E-state index >= 15 is 0 Å². The molecule has 0 radical (unpaired) electrons. The molecule has 0 aliphatic heterocycles. The van der Waals surface area contributed by atoms with Crippen LogP contribution in [0.3, 0.4) is 0 Å². The van der Waals surface area contributed by atoms with E-state index < -0.39 is 0 Å². The van der Waals surface area contributed by atoms with Crippen LogP contribution in [0.5, 0.6) is 0 Å². The Labute approximate surface area is 244 Å². The van der Waals surface area contributed by atoms with Crippen LogP contribution >= 0.6 is 0 Å². The standard InChI is InChI=1S/C40H27NO/c1-3-14-29(15-4-1)33-19-9-11-21-35(33)41(32-17-5-2-6-18-32)36-25-26-38-40(34-20-10-12-22-37(34)42-38)39(36)31-24-23-28-13-7-8-16-30(28)27-31/h1-27H. The maximum absolute atomic E-state index is 6.42. The van der Waals surface area contributed by atoms with E-state index in [1.54, 1.807) is 0 Å². The van der Waals surface area contributed by atoms with Crippen LogP contribution in [0.2, 0.25) is 0 Å². The van der Waals surface area contributed by atoms with Crippen LogP contribution in [0, 0.1) is 0 Å². The lowest BCUT2D eigenvalue weighted by Gasteiger charge is -2.30. The minimum atomic E-state index is 0.882. The Bertz CT molecular complexity index is 2200. The molecule has 0 aliphatic rings. The number of rotatable bonds is 5. The average molecular weight is 538 g/mol. The molecule has 198 valence electrons. The van der Waals surface area contributed by atoms with E-state index in [0.29, 0.717) is 0 Å². The van der Waals surface area contributed by atoms with E-state index in [1.165, 1.54) is 21.9 Å². The molecule has 0 bridgehead atoms. The van der Waals surface area contributed by atoms with Crippen LogP contribution < -0.4 is 4.90 Å². The van der Waals surface area contributed by atoms with Crippen molar-refractivity contribution in [2.24, 2.45) is 0 Å². The van der Waals surface area contributed by atoms with Crippen molar-refractivity contribution in [2.75, 3.05) is 4.90 Å². The van der Waals surface area contributed by atoms with Crippen LogP contribution in [-0.4, -0.2) is 0 Å². The summed E-state index contributed by atoms with van der Waals surface area (Å²) in [7, 11) is 0. The lowest BCUT2D eigenvalue weighted by Crippen LogP contribution is -2.12. The van der Waals surface area contributed by atoms with Gasteiger partial charge in [-0.25, -0.2) is 0 Å². The fourth-order valence-electron chi connectivity index (χ4n) is 6.14. The summed E-state index contributed by atoms with van der Waals surface area (Å²) < 4.78 is 6.42. The molecule has 42 heavy (non-hydrogen) atoms. The predicted molar refractivity (Wildman–Crippen MR) is 177 cm³/mol. The zero-order chi connectivity index (χ0) is 27.9. The number of furan rings is 1. The third kappa shape index (κ3) is 4.05. The van der Waals surface area contributed by atoms with Gasteiger partial charge in [-0.2, -0.15) is 0 Å². The van der Waals surface area contributed by atoms with Crippen molar-refractivity contribution in [3.05, 3.63) is 164 Å². The summed E-state index contributed by atoms with van der Waals surface area (Å²) in [5.41, 5.74) is 9.72. The van der Waals surface area contributed by atoms with Crippen molar-refractivity contribution in [3.63, 3.8) is 0 Å². The molecule has 1 heterocycles. The number of para-hydroxylation sites is 3. The van der Waals surface area contributed by atoms with Crippen molar-refractivity contribution in [3.8, 4) is 22.3 Å². The van der Waals surface area contributed by atoms with Gasteiger partial charge >= 0.3 is 0 Å². The lowest BCUT2D eigenvalue weighted by molar-refractivity contribution is 0.669. The molecule has 2 nitrogen and oxygen atoms in total. The normalized spacial score (nSPS) is 11.3. The highest BCUT2D eigenvalue weighted by Gasteiger charge is 2.24. The van der Waals surface area contributed by atoms with Crippen LogP contribution in [-0.2, 0) is 0 Å². The highest BCUT2D eigenvalue weighted by atomic mass is 16.3. The molecule has 8 rings (SSSR count). The SMILES string of the molecule is c1ccc(-c2ccccc2N(c2ccccc2)c2ccc3oc4ccccc4c3c2-c2ccc3ccccc3c2)cc1. The van der Waals surface area contributed by atoms with E-state index in [1.807, 2.05) is 6.07 Å². The maximum atomic E-state index is 6.42. The van der Waals surface area contributed by atoms with Crippen molar-refractivity contribution in [2.45, 2.75) is 0 Å². The fourth-order valence-corrected chi connectivity index (χ4v) is 6.14. The van der Waals surface area contributed by atoms with Gasteiger partial charge in [-0.3, -0.25) is 0 Å². The Hall–Kier alpha value is -5.60. The highest BCUT2D eigenvalue weighted by Crippen LogP contribution is 2.49. The fraction of sp³-hybridized carbons (Fsp3) is 0. The Kier molecular flexibility index (Phi) is 5.82. The quantitative estimate of drug-likeness (QED) is 0.217. The summed E-state index contributed by atoms with van der Waals surface area (Å²) >= 11 is 0. The van der Waals surface area contributed by atoms with Gasteiger partial charge in [0.2, 0.25) is 0 Å². The number of hydrogen-bond acceptors (Lipinski definition) is 2. The predicted octanol–water partition coefficient (Wildman–Crippen LogP) is 11.5. The second-order valence-electron chi connectivity index (χ2n) is 10.5. The second-order valence-corrected chi connectivity index (χ2v) is 10.5. The van der Waals surface area contributed by atoms with Gasteiger partial charge in [0, 0.05) is 27.6 Å². The number of fused-ring (bicyclic) bond motifs is 4. The molecule has 7 aromatic carbocycles. The monoisotopic (exact) mass is 537 g/mol. The van der Waals surface area contributed by atoms with E-state index in [9.17, 15) is 0 Å². The molecule has 2 heteroatoms. The molecule has 0 saturated carbocycles. The minimum Gasteiger partial charge on any atom is -0.456 e. The molecule has 0 spiro atoms. The minimum absolute atomic E-state index is 0.882. The number of anilines is 3. The smallest absolute Gasteiger partial charge is 0.136 e. The van der Waals surface area contributed by atoms with E-state index in [2.05, 4.69) is 163 Å². The van der Waals surface area contributed by atoms with Gasteiger partial charge in [-0.15, -0.1) is 0 Å². The van der Waals surface area contributed by atoms with Gasteiger partial charge < -0.3 is 9.32 Å². The van der Waals surface area contributed by atoms with Crippen LogP contribution in [0.25, 0.3) is 55.0 Å². The van der Waals surface area contributed by atoms with E-state index in [-0.39, 0.29) is 0 Å². The van der Waals surface area contributed by atoms with Gasteiger partial charge in [0.05, 0.1) is 11.4 Å². The zero-order valence-electron chi connectivity index (χ0n) is 22.9. The summed E-state index contributed by atoms with van der Waals surface area (Å²) in [6.45, 7) is 0. The first-order valence-corrected chi connectivity index (χ1v) is 14.3. The molecule has 0 N–H and O–H groups in total. The molecule has 0 unspecified atom stereocenters. The molecule has 0 fully saturated rings. The number of nitrogens with zero attached hydrogens (tertiary/aromatic N) is 1. The van der Waals surface area contributed by atoms with Crippen molar-refractivity contribution >= 4 is 49.8 Å². The maximum Gasteiger partial charge on any atom is 0.136 e. The Morgan fingerprint density at radius 2 is 1.12 bits per heavy atom. The van der Waals surface area contributed by atoms with Gasteiger partial charge in [-0.1, -0.05) is 121 Å². The summed E-state index contributed by atoms with van der Waals surface area (Å²) in [6.07, 6.45) is 0. The lowest BCUT2D eigenvalue weighted by atomic mass is 9.93. The molecule has 0 aliphatic carbocycles. The zero-order valence-corrected chi connectivity index (χ0v) is 22.9. The third-order valence-electron chi connectivity index (χ3n) is 8.04. The molecule has 1 aromatic heterocycles. The summed E-state index contributed by atoms with van der Waals surface area (Å²) in [5, 5.41) is 4.67. The molecule has 0 saturated heterocycles. The molecule has 0 amide bonds. The van der Waals surface area contributed by atoms with Crippen LogP contribution in [0.1, 0.15) is 0 Å².